The molecule has 0 spiro atoms. The van der Waals surface area contributed by atoms with Gasteiger partial charge in [-0.25, -0.2) is 26.6 Å². The first-order valence-corrected chi connectivity index (χ1v) is 10.6. The fourth-order valence-electron chi connectivity index (χ4n) is 3.62. The van der Waals surface area contributed by atoms with Crippen LogP contribution in [0.3, 0.4) is 0 Å². The Hall–Kier alpha value is -2.85. The maximum absolute atomic E-state index is 14.2. The molecule has 1 aromatic heterocycles. The molecule has 1 aliphatic rings. The van der Waals surface area contributed by atoms with Gasteiger partial charge in [0.25, 0.3) is 10.0 Å². The predicted octanol–water partition coefficient (Wildman–Crippen LogP) is 3.11. The van der Waals surface area contributed by atoms with Gasteiger partial charge in [-0.05, 0) is 35.9 Å². The van der Waals surface area contributed by atoms with Crippen LogP contribution in [0.1, 0.15) is 11.5 Å². The molecule has 0 unspecified atom stereocenters. The van der Waals surface area contributed by atoms with Gasteiger partial charge in [0.05, 0.1) is 12.0 Å². The topological polar surface area (TPSA) is 67.2 Å². The summed E-state index contributed by atoms with van der Waals surface area (Å²) in [6.07, 6.45) is 2.79. The SMILES string of the molecule is Cn1cnc(S(=O)(=O)N2C[C@@H](Nc3cc(F)ccc3F)[C@H](c3ccc(F)cc3)C2)c1. The lowest BCUT2D eigenvalue weighted by Gasteiger charge is -2.21. The molecule has 1 fully saturated rings. The molecule has 0 amide bonds. The Kier molecular flexibility index (Phi) is 5.29. The zero-order valence-corrected chi connectivity index (χ0v) is 16.8. The smallest absolute Gasteiger partial charge is 0.262 e. The number of imidazole rings is 1. The van der Waals surface area contributed by atoms with Crippen molar-refractivity contribution in [3.63, 3.8) is 0 Å². The van der Waals surface area contributed by atoms with Gasteiger partial charge in [0.1, 0.15) is 17.5 Å². The molecule has 158 valence electrons. The van der Waals surface area contributed by atoms with Crippen LogP contribution in [-0.2, 0) is 17.1 Å². The number of anilines is 1. The largest absolute Gasteiger partial charge is 0.378 e. The average Bonchev–Trinajstić information content (AvgIpc) is 3.33. The van der Waals surface area contributed by atoms with Crippen molar-refractivity contribution in [2.45, 2.75) is 17.0 Å². The molecule has 2 heterocycles. The Bertz CT molecular complexity index is 1170. The molecule has 4 rings (SSSR count). The Balaban J connectivity index is 1.68. The number of halogens is 3. The molecule has 30 heavy (non-hydrogen) atoms. The molecule has 3 aromatic rings. The molecule has 1 aliphatic heterocycles. The molecule has 0 saturated carbocycles. The summed E-state index contributed by atoms with van der Waals surface area (Å²) >= 11 is 0. The minimum absolute atomic E-state index is 0.0108. The van der Waals surface area contributed by atoms with Crippen LogP contribution in [0.25, 0.3) is 0 Å². The second-order valence-electron chi connectivity index (χ2n) is 7.23. The van der Waals surface area contributed by atoms with Crippen LogP contribution in [-0.4, -0.2) is 41.4 Å². The van der Waals surface area contributed by atoms with E-state index < -0.39 is 39.4 Å². The number of benzene rings is 2. The average molecular weight is 436 g/mol. The highest BCUT2D eigenvalue weighted by atomic mass is 32.2. The Morgan fingerprint density at radius 3 is 2.40 bits per heavy atom. The summed E-state index contributed by atoms with van der Waals surface area (Å²) in [5, 5.41) is 2.83. The van der Waals surface area contributed by atoms with Gasteiger partial charge in [-0.15, -0.1) is 0 Å². The van der Waals surface area contributed by atoms with E-state index in [1.165, 1.54) is 33.5 Å². The number of hydrogen-bond donors (Lipinski definition) is 1. The molecule has 6 nitrogen and oxygen atoms in total. The van der Waals surface area contributed by atoms with E-state index in [1.54, 1.807) is 19.2 Å². The summed E-state index contributed by atoms with van der Waals surface area (Å²) in [6, 6.07) is 8.15. The predicted molar refractivity (Wildman–Crippen MR) is 105 cm³/mol. The van der Waals surface area contributed by atoms with E-state index in [9.17, 15) is 21.6 Å². The number of sulfonamides is 1. The van der Waals surface area contributed by atoms with E-state index in [1.807, 2.05) is 0 Å². The lowest BCUT2D eigenvalue weighted by atomic mass is 9.94. The van der Waals surface area contributed by atoms with Gasteiger partial charge >= 0.3 is 0 Å². The molecule has 2 aromatic carbocycles. The highest BCUT2D eigenvalue weighted by Crippen LogP contribution is 2.34. The normalized spacial score (nSPS) is 19.9. The molecule has 0 aliphatic carbocycles. The summed E-state index contributed by atoms with van der Waals surface area (Å²) in [6.45, 7) is 0.0933. The van der Waals surface area contributed by atoms with Gasteiger partial charge in [-0.3, -0.25) is 0 Å². The minimum Gasteiger partial charge on any atom is -0.378 e. The van der Waals surface area contributed by atoms with Crippen molar-refractivity contribution >= 4 is 15.7 Å². The zero-order valence-electron chi connectivity index (χ0n) is 16.0. The van der Waals surface area contributed by atoms with Crippen LogP contribution in [0.15, 0.2) is 60.0 Å². The number of nitrogens with one attached hydrogen (secondary N) is 1. The van der Waals surface area contributed by atoms with Gasteiger partial charge < -0.3 is 9.88 Å². The monoisotopic (exact) mass is 436 g/mol. The van der Waals surface area contributed by atoms with Crippen LogP contribution in [0.5, 0.6) is 0 Å². The van der Waals surface area contributed by atoms with Gasteiger partial charge in [0, 0.05) is 38.3 Å². The first-order chi connectivity index (χ1) is 14.2. The molecular weight excluding hydrogens is 417 g/mol. The second kappa shape index (κ2) is 7.77. The first-order valence-electron chi connectivity index (χ1n) is 9.19. The maximum atomic E-state index is 14.2. The number of rotatable bonds is 5. The molecule has 2 atom stereocenters. The Morgan fingerprint density at radius 1 is 1.03 bits per heavy atom. The number of aromatic nitrogens is 2. The van der Waals surface area contributed by atoms with Crippen molar-refractivity contribution in [1.29, 1.82) is 0 Å². The van der Waals surface area contributed by atoms with Crippen LogP contribution >= 0.6 is 0 Å². The van der Waals surface area contributed by atoms with Gasteiger partial charge in [-0.2, -0.15) is 4.31 Å². The van der Waals surface area contributed by atoms with E-state index in [0.717, 1.165) is 18.2 Å². The van der Waals surface area contributed by atoms with E-state index in [0.29, 0.717) is 5.56 Å². The van der Waals surface area contributed by atoms with Gasteiger partial charge in [-0.1, -0.05) is 12.1 Å². The van der Waals surface area contributed by atoms with Crippen LogP contribution < -0.4 is 5.32 Å². The molecule has 1 saturated heterocycles. The first kappa shape index (κ1) is 20.4. The Morgan fingerprint density at radius 2 is 1.73 bits per heavy atom. The third kappa shape index (κ3) is 3.92. The van der Waals surface area contributed by atoms with Crippen molar-refractivity contribution in [3.8, 4) is 0 Å². The highest BCUT2D eigenvalue weighted by molar-refractivity contribution is 7.89. The van der Waals surface area contributed by atoms with Crippen LogP contribution in [0.2, 0.25) is 0 Å². The molecule has 10 heteroatoms. The van der Waals surface area contributed by atoms with Gasteiger partial charge in [0.15, 0.2) is 5.03 Å². The third-order valence-corrected chi connectivity index (χ3v) is 6.86. The minimum atomic E-state index is -3.89. The molecule has 0 bridgehead atoms. The van der Waals surface area contributed by atoms with E-state index in [2.05, 4.69) is 10.3 Å². The fraction of sp³-hybridized carbons (Fsp3) is 0.250. The van der Waals surface area contributed by atoms with Crippen molar-refractivity contribution in [2.24, 2.45) is 7.05 Å². The summed E-state index contributed by atoms with van der Waals surface area (Å²) in [5.41, 5.74) is 0.619. The van der Waals surface area contributed by atoms with Crippen LogP contribution in [0.4, 0.5) is 18.9 Å². The third-order valence-electron chi connectivity index (χ3n) is 5.14. The molecular formula is C20H19F3N4O2S. The summed E-state index contributed by atoms with van der Waals surface area (Å²) < 4.78 is 70.0. The van der Waals surface area contributed by atoms with Crippen molar-refractivity contribution in [2.75, 3.05) is 18.4 Å². The van der Waals surface area contributed by atoms with E-state index >= 15 is 0 Å². The molecule has 0 radical (unpaired) electrons. The summed E-state index contributed by atoms with van der Waals surface area (Å²) in [4.78, 5) is 3.93. The van der Waals surface area contributed by atoms with E-state index in [4.69, 9.17) is 0 Å². The van der Waals surface area contributed by atoms with E-state index in [-0.39, 0.29) is 23.8 Å². The number of nitrogens with zero attached hydrogens (tertiary/aromatic N) is 3. The van der Waals surface area contributed by atoms with Gasteiger partial charge in [0.2, 0.25) is 0 Å². The number of aryl methyl sites for hydroxylation is 1. The molecule has 1 N–H and O–H groups in total. The fourth-order valence-corrected chi connectivity index (χ4v) is 5.08. The maximum Gasteiger partial charge on any atom is 0.262 e. The van der Waals surface area contributed by atoms with Crippen molar-refractivity contribution < 1.29 is 21.6 Å². The summed E-state index contributed by atoms with van der Waals surface area (Å²) in [5.74, 6) is -2.10. The quantitative estimate of drug-likeness (QED) is 0.668. The lowest BCUT2D eigenvalue weighted by molar-refractivity contribution is 0.468. The van der Waals surface area contributed by atoms with Crippen molar-refractivity contribution in [3.05, 3.63) is 78.0 Å². The highest BCUT2D eigenvalue weighted by Gasteiger charge is 2.41. The van der Waals surface area contributed by atoms with Crippen molar-refractivity contribution in [1.82, 2.24) is 13.9 Å². The lowest BCUT2D eigenvalue weighted by Crippen LogP contribution is -2.32. The summed E-state index contributed by atoms with van der Waals surface area (Å²) in [7, 11) is -2.23. The zero-order chi connectivity index (χ0) is 21.5. The van der Waals surface area contributed by atoms with Crippen LogP contribution in [0, 0.1) is 17.5 Å². The second-order valence-corrected chi connectivity index (χ2v) is 9.12. The number of hydrogen-bond acceptors (Lipinski definition) is 4. The standard InChI is InChI=1S/C20H19F3N4O2S/c1-26-11-20(24-12-26)30(28,29)27-9-16(13-2-4-14(21)5-3-13)19(10-27)25-18-8-15(22)6-7-17(18)23/h2-8,11-12,16,19,25H,9-10H2,1H3/t16-,19+/m0/s1. The Labute approximate surface area is 172 Å².